The van der Waals surface area contributed by atoms with E-state index in [4.69, 9.17) is 16.2 Å². The van der Waals surface area contributed by atoms with E-state index in [1.165, 1.54) is 12.8 Å². The van der Waals surface area contributed by atoms with E-state index in [1.807, 2.05) is 13.0 Å². The third-order valence-electron chi connectivity index (χ3n) is 5.13. The number of nitrogens with zero attached hydrogens (tertiary/aromatic N) is 1. The summed E-state index contributed by atoms with van der Waals surface area (Å²) >= 11 is 0. The van der Waals surface area contributed by atoms with E-state index < -0.39 is 0 Å². The first-order chi connectivity index (χ1) is 14.6. The highest BCUT2D eigenvalue weighted by Crippen LogP contribution is 2.33. The molecule has 5 nitrogen and oxygen atoms in total. The van der Waals surface area contributed by atoms with Crippen molar-refractivity contribution >= 4 is 17.5 Å². The van der Waals surface area contributed by atoms with E-state index in [2.05, 4.69) is 62.8 Å². The number of ether oxygens (including phenoxy) is 1. The second-order valence-corrected chi connectivity index (χ2v) is 9.56. The molecular weight excluding hydrogens is 384 g/mol. The molecular formula is C26H40N4O. The molecule has 1 fully saturated rings. The van der Waals surface area contributed by atoms with Crippen molar-refractivity contribution in [3.05, 3.63) is 52.9 Å². The maximum absolute atomic E-state index is 5.98. The summed E-state index contributed by atoms with van der Waals surface area (Å²) in [4.78, 5) is 4.40. The average molecular weight is 425 g/mol. The molecule has 3 rings (SSSR count). The highest BCUT2D eigenvalue weighted by molar-refractivity contribution is 6.18. The van der Waals surface area contributed by atoms with E-state index in [0.29, 0.717) is 35.0 Å². The second-order valence-electron chi connectivity index (χ2n) is 9.56. The lowest BCUT2D eigenvalue weighted by atomic mass is 9.91. The summed E-state index contributed by atoms with van der Waals surface area (Å²) in [6.45, 7) is 15.3. The summed E-state index contributed by atoms with van der Waals surface area (Å²) in [5.41, 5.74) is 18.2. The van der Waals surface area contributed by atoms with Gasteiger partial charge in [0.05, 0.1) is 11.8 Å². The molecule has 31 heavy (non-hydrogen) atoms. The largest absolute Gasteiger partial charge is 0.490 e. The topological polar surface area (TPSA) is 85.7 Å². The minimum absolute atomic E-state index is 0.396. The van der Waals surface area contributed by atoms with Crippen molar-refractivity contribution in [3.8, 4) is 5.75 Å². The summed E-state index contributed by atoms with van der Waals surface area (Å²) < 4.78 is 5.85. The van der Waals surface area contributed by atoms with Crippen molar-refractivity contribution in [2.45, 2.75) is 66.4 Å². The smallest absolute Gasteiger partial charge is 0.121 e. The van der Waals surface area contributed by atoms with Gasteiger partial charge in [0.15, 0.2) is 0 Å². The Morgan fingerprint density at radius 1 is 1.26 bits per heavy atom. The van der Waals surface area contributed by atoms with Crippen molar-refractivity contribution in [1.82, 2.24) is 0 Å². The van der Waals surface area contributed by atoms with Crippen molar-refractivity contribution < 1.29 is 4.74 Å². The Morgan fingerprint density at radius 3 is 2.39 bits per heavy atom. The summed E-state index contributed by atoms with van der Waals surface area (Å²) in [5.74, 6) is 0.915. The molecule has 0 aromatic heterocycles. The number of benzene rings is 1. The van der Waals surface area contributed by atoms with Gasteiger partial charge in [-0.1, -0.05) is 40.7 Å². The Morgan fingerprint density at radius 2 is 1.94 bits per heavy atom. The molecule has 0 spiro atoms. The number of nitrogens with two attached hydrogens (primary N) is 2. The number of allylic oxidation sites excluding steroid dienone is 2. The van der Waals surface area contributed by atoms with Crippen LogP contribution in [0.5, 0.6) is 5.75 Å². The summed E-state index contributed by atoms with van der Waals surface area (Å²) in [6.07, 6.45) is 7.47. The van der Waals surface area contributed by atoms with Crippen molar-refractivity contribution in [3.63, 3.8) is 0 Å². The van der Waals surface area contributed by atoms with Crippen LogP contribution in [-0.2, 0) is 0 Å². The number of aliphatic imine (C=N–C) groups is 1. The molecule has 0 amide bonds. The van der Waals surface area contributed by atoms with Crippen LogP contribution < -0.4 is 21.5 Å². The number of fused-ring (bicyclic) bond motifs is 1. The van der Waals surface area contributed by atoms with E-state index >= 15 is 0 Å². The highest BCUT2D eigenvalue weighted by atomic mass is 16.5. The van der Waals surface area contributed by atoms with Gasteiger partial charge in [-0.05, 0) is 60.9 Å². The summed E-state index contributed by atoms with van der Waals surface area (Å²) in [6, 6.07) is 6.12. The van der Waals surface area contributed by atoms with E-state index in [-0.39, 0.29) is 0 Å². The van der Waals surface area contributed by atoms with Crippen molar-refractivity contribution in [1.29, 1.82) is 0 Å². The predicted octanol–water partition coefficient (Wildman–Crippen LogP) is 5.65. The van der Waals surface area contributed by atoms with E-state index in [1.54, 1.807) is 7.05 Å². The van der Waals surface area contributed by atoms with Gasteiger partial charge >= 0.3 is 0 Å². The van der Waals surface area contributed by atoms with Crippen LogP contribution in [0.25, 0.3) is 6.08 Å². The maximum atomic E-state index is 5.98. The van der Waals surface area contributed by atoms with E-state index in [0.717, 1.165) is 41.1 Å². The first kappa shape index (κ1) is 24.6. The lowest BCUT2D eigenvalue weighted by Crippen LogP contribution is -2.23. The van der Waals surface area contributed by atoms with Gasteiger partial charge in [0.1, 0.15) is 5.75 Å². The molecule has 1 heterocycles. The summed E-state index contributed by atoms with van der Waals surface area (Å²) in [7, 11) is 1.74. The number of nitrogens with one attached hydrogen (secondary N) is 1. The monoisotopic (exact) mass is 424 g/mol. The Balaban J connectivity index is 0.000000423. The van der Waals surface area contributed by atoms with Gasteiger partial charge in [-0.2, -0.15) is 0 Å². The van der Waals surface area contributed by atoms with Gasteiger partial charge < -0.3 is 21.5 Å². The van der Waals surface area contributed by atoms with Crippen LogP contribution in [0.1, 0.15) is 65.9 Å². The van der Waals surface area contributed by atoms with Crippen LogP contribution in [0, 0.1) is 5.41 Å². The molecule has 1 aromatic carbocycles. The molecule has 1 saturated carbocycles. The fourth-order valence-corrected chi connectivity index (χ4v) is 3.61. The normalized spacial score (nSPS) is 16.7. The molecule has 2 aliphatic rings. The van der Waals surface area contributed by atoms with Gasteiger partial charge in [-0.15, -0.1) is 0 Å². The molecule has 1 aromatic rings. The van der Waals surface area contributed by atoms with E-state index in [9.17, 15) is 0 Å². The lowest BCUT2D eigenvalue weighted by Gasteiger charge is -2.22. The quantitative estimate of drug-likeness (QED) is 0.407. The summed E-state index contributed by atoms with van der Waals surface area (Å²) in [5, 5.41) is 3.43. The third kappa shape index (κ3) is 7.50. The zero-order valence-electron chi connectivity index (χ0n) is 20.1. The molecule has 0 bridgehead atoms. The lowest BCUT2D eigenvalue weighted by molar-refractivity contribution is 0.303. The van der Waals surface area contributed by atoms with Crippen LogP contribution in [-0.4, -0.2) is 25.4 Å². The Bertz CT molecular complexity index is 879. The maximum Gasteiger partial charge on any atom is 0.121 e. The van der Waals surface area contributed by atoms with Gasteiger partial charge in [-0.3, -0.25) is 4.99 Å². The minimum atomic E-state index is 0.396. The first-order valence-corrected chi connectivity index (χ1v) is 11.2. The standard InChI is InChI=1S/C19H24N4O.C7H16/c1-11(20)18(12(2)21)19(22-3)14-8-13-4-5-16(24-15-6-7-15)9-17(13)23-10-14;1-5-6-7(2,3)4/h4-5,8-9,15,23H,1,6-7,10,20-21H2,2-3H3;5-6H2,1-4H3/b18-12+,22-19?;. The SMILES string of the molecule is C=C(N)/C(C(=NC)C1=Cc2ccc(OC3CC3)cc2NC1)=C(/C)N.CCCC(C)(C)C. The Kier molecular flexibility index (Phi) is 8.37. The zero-order valence-corrected chi connectivity index (χ0v) is 20.1. The van der Waals surface area contributed by atoms with Crippen LogP contribution in [0.3, 0.4) is 0 Å². The fraction of sp³-hybridized carbons (Fsp3) is 0.500. The number of hydrogen-bond acceptors (Lipinski definition) is 5. The number of hydrogen-bond donors (Lipinski definition) is 3. The van der Waals surface area contributed by atoms with Gasteiger partial charge in [0.2, 0.25) is 0 Å². The Labute approximate surface area is 188 Å². The zero-order chi connectivity index (χ0) is 23.2. The highest BCUT2D eigenvalue weighted by Gasteiger charge is 2.24. The van der Waals surface area contributed by atoms with Crippen LogP contribution in [0.15, 0.2) is 52.3 Å². The molecule has 5 heteroatoms. The number of rotatable bonds is 6. The predicted molar refractivity (Wildman–Crippen MR) is 134 cm³/mol. The number of anilines is 1. The molecule has 5 N–H and O–H groups in total. The fourth-order valence-electron chi connectivity index (χ4n) is 3.61. The second kappa shape index (κ2) is 10.6. The Hall–Kier alpha value is -2.69. The molecule has 1 aliphatic heterocycles. The van der Waals surface area contributed by atoms with Gasteiger partial charge in [0.25, 0.3) is 0 Å². The van der Waals surface area contributed by atoms with Gasteiger partial charge in [0, 0.05) is 42.3 Å². The van der Waals surface area contributed by atoms with Crippen molar-refractivity contribution in [2.24, 2.45) is 21.9 Å². The molecule has 0 radical (unpaired) electrons. The van der Waals surface area contributed by atoms with Crippen LogP contribution in [0.4, 0.5) is 5.69 Å². The molecule has 0 atom stereocenters. The molecule has 0 saturated heterocycles. The third-order valence-corrected chi connectivity index (χ3v) is 5.13. The molecule has 0 unspecified atom stereocenters. The average Bonchev–Trinajstić information content (AvgIpc) is 3.48. The van der Waals surface area contributed by atoms with Crippen LogP contribution >= 0.6 is 0 Å². The minimum Gasteiger partial charge on any atom is -0.490 e. The molecule has 170 valence electrons. The van der Waals surface area contributed by atoms with Crippen LogP contribution in [0.2, 0.25) is 0 Å². The van der Waals surface area contributed by atoms with Gasteiger partial charge in [-0.25, -0.2) is 0 Å². The van der Waals surface area contributed by atoms with Crippen molar-refractivity contribution in [2.75, 3.05) is 18.9 Å². The first-order valence-electron chi connectivity index (χ1n) is 11.2. The molecule has 1 aliphatic carbocycles.